The highest BCUT2D eigenvalue weighted by molar-refractivity contribution is 9.10. The molecule has 0 bridgehead atoms. The molecule has 0 fully saturated rings. The molecule has 0 aliphatic heterocycles. The van der Waals surface area contributed by atoms with Gasteiger partial charge < -0.3 is 5.11 Å². The van der Waals surface area contributed by atoms with Crippen molar-refractivity contribution >= 4 is 21.9 Å². The van der Waals surface area contributed by atoms with Gasteiger partial charge >= 0.3 is 5.97 Å². The summed E-state index contributed by atoms with van der Waals surface area (Å²) in [5.74, 6) is -1.29. The molecule has 1 heterocycles. The van der Waals surface area contributed by atoms with E-state index in [-0.39, 0.29) is 0 Å². The number of aliphatic carboxylic acids is 1. The van der Waals surface area contributed by atoms with E-state index in [1.165, 1.54) is 0 Å². The second-order valence-corrected chi connectivity index (χ2v) is 4.90. The molecule has 1 atom stereocenters. The highest BCUT2D eigenvalue weighted by Crippen LogP contribution is 2.19. The van der Waals surface area contributed by atoms with Crippen LogP contribution in [0, 0.1) is 5.92 Å². The normalized spacial score (nSPS) is 12.3. The summed E-state index contributed by atoms with van der Waals surface area (Å²) in [6, 6.07) is 7.64. The SMILES string of the molecule is CC(Cc1cn(-c2ccccc2Br)nn1)C(=O)O. The summed E-state index contributed by atoms with van der Waals surface area (Å²) in [6.45, 7) is 1.65. The van der Waals surface area contributed by atoms with Crippen molar-refractivity contribution < 1.29 is 9.90 Å². The zero-order chi connectivity index (χ0) is 13.1. The molecule has 0 amide bonds. The molecule has 0 saturated heterocycles. The molecule has 18 heavy (non-hydrogen) atoms. The summed E-state index contributed by atoms with van der Waals surface area (Å²) < 4.78 is 2.54. The largest absolute Gasteiger partial charge is 0.481 e. The predicted octanol–water partition coefficient (Wildman–Crippen LogP) is 2.29. The summed E-state index contributed by atoms with van der Waals surface area (Å²) in [4.78, 5) is 10.8. The van der Waals surface area contributed by atoms with E-state index < -0.39 is 11.9 Å². The van der Waals surface area contributed by atoms with E-state index in [1.54, 1.807) is 17.8 Å². The average molecular weight is 310 g/mol. The summed E-state index contributed by atoms with van der Waals surface area (Å²) in [7, 11) is 0. The predicted molar refractivity (Wildman–Crippen MR) is 69.6 cm³/mol. The van der Waals surface area contributed by atoms with Crippen molar-refractivity contribution in [3.63, 3.8) is 0 Å². The van der Waals surface area contributed by atoms with Crippen molar-refractivity contribution in [3.05, 3.63) is 40.6 Å². The fourth-order valence-corrected chi connectivity index (χ4v) is 2.01. The van der Waals surface area contributed by atoms with Crippen LogP contribution in [-0.2, 0) is 11.2 Å². The van der Waals surface area contributed by atoms with E-state index in [0.29, 0.717) is 12.1 Å². The van der Waals surface area contributed by atoms with E-state index in [2.05, 4.69) is 26.2 Å². The van der Waals surface area contributed by atoms with Crippen LogP contribution in [0.4, 0.5) is 0 Å². The average Bonchev–Trinajstić information content (AvgIpc) is 2.77. The molecular formula is C12H12BrN3O2. The van der Waals surface area contributed by atoms with Gasteiger partial charge in [0.15, 0.2) is 0 Å². The standard InChI is InChI=1S/C12H12BrN3O2/c1-8(12(17)18)6-9-7-16(15-14-9)11-5-3-2-4-10(11)13/h2-5,7-8H,6H2,1H3,(H,17,18). The highest BCUT2D eigenvalue weighted by atomic mass is 79.9. The van der Waals surface area contributed by atoms with Crippen LogP contribution < -0.4 is 0 Å². The van der Waals surface area contributed by atoms with Gasteiger partial charge in [0.05, 0.1) is 23.5 Å². The minimum Gasteiger partial charge on any atom is -0.481 e. The number of aromatic nitrogens is 3. The Kier molecular flexibility index (Phi) is 3.76. The third-order valence-electron chi connectivity index (χ3n) is 2.58. The number of para-hydroxylation sites is 1. The van der Waals surface area contributed by atoms with E-state index in [4.69, 9.17) is 5.11 Å². The number of carbonyl (C=O) groups is 1. The van der Waals surface area contributed by atoms with Gasteiger partial charge in [0.2, 0.25) is 0 Å². The van der Waals surface area contributed by atoms with Gasteiger partial charge in [-0.25, -0.2) is 4.68 Å². The molecule has 0 saturated carbocycles. The number of benzene rings is 1. The lowest BCUT2D eigenvalue weighted by Gasteiger charge is -2.02. The Bertz CT molecular complexity index is 568. The Labute approximate surface area is 113 Å². The summed E-state index contributed by atoms with van der Waals surface area (Å²) in [5, 5.41) is 16.8. The topological polar surface area (TPSA) is 68.0 Å². The molecule has 0 spiro atoms. The fourth-order valence-electron chi connectivity index (χ4n) is 1.55. The first-order valence-electron chi connectivity index (χ1n) is 5.47. The van der Waals surface area contributed by atoms with Crippen LogP contribution in [0.5, 0.6) is 0 Å². The van der Waals surface area contributed by atoms with Crippen molar-refractivity contribution in [2.45, 2.75) is 13.3 Å². The minimum atomic E-state index is -0.828. The van der Waals surface area contributed by atoms with Gasteiger partial charge in [0, 0.05) is 10.9 Å². The molecule has 1 aromatic heterocycles. The molecule has 1 unspecified atom stereocenters. The van der Waals surface area contributed by atoms with Gasteiger partial charge in [-0.1, -0.05) is 24.3 Å². The molecule has 1 N–H and O–H groups in total. The molecule has 0 radical (unpaired) electrons. The van der Waals surface area contributed by atoms with E-state index in [9.17, 15) is 4.79 Å². The summed E-state index contributed by atoms with van der Waals surface area (Å²) >= 11 is 3.43. The van der Waals surface area contributed by atoms with Gasteiger partial charge in [0.25, 0.3) is 0 Å². The number of carboxylic acid groups (broad SMARTS) is 1. The number of nitrogens with zero attached hydrogens (tertiary/aromatic N) is 3. The van der Waals surface area contributed by atoms with Crippen LogP contribution in [0.25, 0.3) is 5.69 Å². The van der Waals surface area contributed by atoms with Crippen LogP contribution in [0.15, 0.2) is 34.9 Å². The lowest BCUT2D eigenvalue weighted by molar-refractivity contribution is -0.141. The van der Waals surface area contributed by atoms with Crippen LogP contribution in [0.2, 0.25) is 0 Å². The minimum absolute atomic E-state index is 0.375. The smallest absolute Gasteiger partial charge is 0.306 e. The second kappa shape index (κ2) is 5.30. The maximum Gasteiger partial charge on any atom is 0.306 e. The molecule has 2 aromatic rings. The van der Waals surface area contributed by atoms with Crippen LogP contribution in [0.1, 0.15) is 12.6 Å². The van der Waals surface area contributed by atoms with Crippen molar-refractivity contribution in [3.8, 4) is 5.69 Å². The third-order valence-corrected chi connectivity index (χ3v) is 3.25. The molecule has 2 rings (SSSR count). The van der Waals surface area contributed by atoms with Crippen LogP contribution in [-0.4, -0.2) is 26.1 Å². The Morgan fingerprint density at radius 1 is 1.50 bits per heavy atom. The maximum atomic E-state index is 10.8. The van der Waals surface area contributed by atoms with Gasteiger partial charge in [0.1, 0.15) is 0 Å². The van der Waals surface area contributed by atoms with Crippen molar-refractivity contribution in [2.24, 2.45) is 5.92 Å². The molecule has 6 heteroatoms. The maximum absolute atomic E-state index is 10.8. The number of hydrogen-bond donors (Lipinski definition) is 1. The quantitative estimate of drug-likeness (QED) is 0.941. The van der Waals surface area contributed by atoms with Crippen molar-refractivity contribution in [1.82, 2.24) is 15.0 Å². The Balaban J connectivity index is 2.21. The summed E-state index contributed by atoms with van der Waals surface area (Å²) in [5.41, 5.74) is 1.54. The number of rotatable bonds is 4. The molecular weight excluding hydrogens is 298 g/mol. The van der Waals surface area contributed by atoms with Gasteiger partial charge in [-0.05, 0) is 28.1 Å². The summed E-state index contributed by atoms with van der Waals surface area (Å²) in [6.07, 6.45) is 2.12. The van der Waals surface area contributed by atoms with Gasteiger partial charge in [-0.3, -0.25) is 4.79 Å². The molecule has 5 nitrogen and oxygen atoms in total. The Morgan fingerprint density at radius 2 is 2.22 bits per heavy atom. The third kappa shape index (κ3) is 2.76. The zero-order valence-corrected chi connectivity index (χ0v) is 11.3. The fraction of sp³-hybridized carbons (Fsp3) is 0.250. The zero-order valence-electron chi connectivity index (χ0n) is 9.75. The number of hydrogen-bond acceptors (Lipinski definition) is 3. The van der Waals surface area contributed by atoms with Crippen molar-refractivity contribution in [1.29, 1.82) is 0 Å². The Hall–Kier alpha value is -1.69. The molecule has 0 aliphatic rings. The molecule has 94 valence electrons. The van der Waals surface area contributed by atoms with Crippen LogP contribution in [0.3, 0.4) is 0 Å². The van der Waals surface area contributed by atoms with Gasteiger partial charge in [-0.2, -0.15) is 0 Å². The monoisotopic (exact) mass is 309 g/mol. The van der Waals surface area contributed by atoms with E-state index in [0.717, 1.165) is 10.2 Å². The number of halogens is 1. The number of carboxylic acids is 1. The lowest BCUT2D eigenvalue weighted by atomic mass is 10.1. The highest BCUT2D eigenvalue weighted by Gasteiger charge is 2.14. The van der Waals surface area contributed by atoms with E-state index in [1.807, 2.05) is 24.3 Å². The molecule has 0 aliphatic carbocycles. The van der Waals surface area contributed by atoms with E-state index >= 15 is 0 Å². The molecule has 1 aromatic carbocycles. The van der Waals surface area contributed by atoms with Gasteiger partial charge in [-0.15, -0.1) is 5.10 Å². The first kappa shape index (κ1) is 12.8. The lowest BCUT2D eigenvalue weighted by Crippen LogP contribution is -2.12. The first-order valence-corrected chi connectivity index (χ1v) is 6.26. The first-order chi connectivity index (χ1) is 8.58. The van der Waals surface area contributed by atoms with Crippen LogP contribution >= 0.6 is 15.9 Å². The Morgan fingerprint density at radius 3 is 2.89 bits per heavy atom. The van der Waals surface area contributed by atoms with Crippen molar-refractivity contribution in [2.75, 3.05) is 0 Å². The second-order valence-electron chi connectivity index (χ2n) is 4.05.